The van der Waals surface area contributed by atoms with E-state index in [0.29, 0.717) is 15.6 Å². The van der Waals surface area contributed by atoms with Crippen LogP contribution in [0, 0.1) is 0 Å². The Labute approximate surface area is 174 Å². The van der Waals surface area contributed by atoms with Gasteiger partial charge in [0.2, 0.25) is 0 Å². The molecule has 0 amide bonds. The van der Waals surface area contributed by atoms with Crippen molar-refractivity contribution in [3.05, 3.63) is 82.1 Å². The molecular formula is C20H11Cl3N2O3. The van der Waals surface area contributed by atoms with Gasteiger partial charge in [-0.2, -0.15) is 0 Å². The second-order valence-electron chi connectivity index (χ2n) is 5.70. The fraction of sp³-hybridized carbons (Fsp3) is 0. The molecular weight excluding hydrogens is 423 g/mol. The van der Waals surface area contributed by atoms with E-state index in [-0.39, 0.29) is 5.56 Å². The number of carboxylic acids is 1. The number of hydrogen-bond acceptors (Lipinski definition) is 4. The molecule has 0 aliphatic rings. The summed E-state index contributed by atoms with van der Waals surface area (Å²) in [5, 5.41) is 10.9. The number of pyridine rings is 2. The normalized spacial score (nSPS) is 10.4. The van der Waals surface area contributed by atoms with Crippen molar-refractivity contribution < 1.29 is 14.7 Å². The van der Waals surface area contributed by atoms with Gasteiger partial charge in [0.25, 0.3) is 5.24 Å². The van der Waals surface area contributed by atoms with Gasteiger partial charge in [-0.25, -0.2) is 4.79 Å². The van der Waals surface area contributed by atoms with Crippen LogP contribution >= 0.6 is 34.8 Å². The lowest BCUT2D eigenvalue weighted by Gasteiger charge is -1.99. The molecule has 2 aromatic carbocycles. The van der Waals surface area contributed by atoms with Crippen LogP contribution in [-0.2, 0) is 0 Å². The summed E-state index contributed by atoms with van der Waals surface area (Å²) in [6.45, 7) is 0. The van der Waals surface area contributed by atoms with Crippen molar-refractivity contribution in [1.29, 1.82) is 0 Å². The summed E-state index contributed by atoms with van der Waals surface area (Å²) in [7, 11) is 0. The van der Waals surface area contributed by atoms with Gasteiger partial charge >= 0.3 is 5.97 Å². The summed E-state index contributed by atoms with van der Waals surface area (Å²) in [6.07, 6.45) is 3.09. The van der Waals surface area contributed by atoms with Crippen molar-refractivity contribution in [2.75, 3.05) is 0 Å². The number of nitrogens with zero attached hydrogens (tertiary/aromatic N) is 2. The van der Waals surface area contributed by atoms with E-state index in [1.165, 1.54) is 12.3 Å². The number of carbonyl (C=O) groups excluding carboxylic acids is 1. The largest absolute Gasteiger partial charge is 0.478 e. The summed E-state index contributed by atoms with van der Waals surface area (Å²) >= 11 is 16.9. The molecule has 28 heavy (non-hydrogen) atoms. The van der Waals surface area contributed by atoms with Crippen LogP contribution in [0.2, 0.25) is 10.0 Å². The van der Waals surface area contributed by atoms with Crippen LogP contribution < -0.4 is 0 Å². The third-order valence-electron chi connectivity index (χ3n) is 3.77. The summed E-state index contributed by atoms with van der Waals surface area (Å²) in [6, 6.07) is 13.2. The van der Waals surface area contributed by atoms with Crippen LogP contribution in [0.1, 0.15) is 20.7 Å². The number of benzene rings is 2. The molecule has 8 heteroatoms. The Morgan fingerprint density at radius 1 is 0.750 bits per heavy atom. The number of carbonyl (C=O) groups is 2. The first kappa shape index (κ1) is 20.0. The van der Waals surface area contributed by atoms with Crippen molar-refractivity contribution in [3.63, 3.8) is 0 Å². The second kappa shape index (κ2) is 8.52. The Morgan fingerprint density at radius 3 is 1.68 bits per heavy atom. The average molecular weight is 434 g/mol. The Bertz CT molecular complexity index is 1120. The quantitative estimate of drug-likeness (QED) is 0.401. The number of halogens is 3. The number of hydrogen-bond donors (Lipinski definition) is 1. The van der Waals surface area contributed by atoms with Gasteiger partial charge in [0.1, 0.15) is 0 Å². The third-order valence-corrected chi connectivity index (χ3v) is 4.40. The van der Waals surface area contributed by atoms with Crippen LogP contribution in [0.5, 0.6) is 0 Å². The van der Waals surface area contributed by atoms with E-state index in [4.69, 9.17) is 39.9 Å². The molecule has 1 N–H and O–H groups in total. The monoisotopic (exact) mass is 432 g/mol. The highest BCUT2D eigenvalue weighted by molar-refractivity contribution is 6.67. The maximum atomic E-state index is 10.9. The van der Waals surface area contributed by atoms with Gasteiger partial charge in [0.15, 0.2) is 0 Å². The Morgan fingerprint density at radius 2 is 1.21 bits per heavy atom. The molecule has 0 fully saturated rings. The lowest BCUT2D eigenvalue weighted by atomic mass is 10.1. The summed E-state index contributed by atoms with van der Waals surface area (Å²) in [5.74, 6) is -0.952. The third kappa shape index (κ3) is 4.75. The first-order valence-electron chi connectivity index (χ1n) is 7.87. The van der Waals surface area contributed by atoms with E-state index in [0.717, 1.165) is 21.8 Å². The van der Waals surface area contributed by atoms with Crippen LogP contribution in [0.4, 0.5) is 0 Å². The predicted molar refractivity (Wildman–Crippen MR) is 111 cm³/mol. The zero-order valence-corrected chi connectivity index (χ0v) is 16.3. The molecule has 140 valence electrons. The highest BCUT2D eigenvalue weighted by Gasteiger charge is 2.04. The summed E-state index contributed by atoms with van der Waals surface area (Å²) in [4.78, 5) is 29.7. The number of rotatable bonds is 2. The molecule has 4 rings (SSSR count). The van der Waals surface area contributed by atoms with Crippen molar-refractivity contribution in [1.82, 2.24) is 9.97 Å². The van der Waals surface area contributed by atoms with Crippen molar-refractivity contribution in [2.24, 2.45) is 0 Å². The molecule has 0 spiro atoms. The highest BCUT2D eigenvalue weighted by atomic mass is 35.5. The minimum absolute atomic E-state index is 0.238. The van der Waals surface area contributed by atoms with Crippen LogP contribution in [-0.4, -0.2) is 26.3 Å². The fourth-order valence-electron chi connectivity index (χ4n) is 2.46. The Balaban J connectivity index is 0.000000161. The Kier molecular flexibility index (Phi) is 6.09. The van der Waals surface area contributed by atoms with Crippen molar-refractivity contribution >= 4 is 67.8 Å². The number of fused-ring (bicyclic) bond motifs is 2. The molecule has 5 nitrogen and oxygen atoms in total. The summed E-state index contributed by atoms with van der Waals surface area (Å²) < 4.78 is 0. The molecule has 4 aromatic rings. The van der Waals surface area contributed by atoms with Gasteiger partial charge < -0.3 is 5.11 Å². The first-order chi connectivity index (χ1) is 13.3. The topological polar surface area (TPSA) is 80.2 Å². The number of aromatic nitrogens is 2. The summed E-state index contributed by atoms with van der Waals surface area (Å²) in [5.41, 5.74) is 2.21. The molecule has 0 saturated heterocycles. The second-order valence-corrected chi connectivity index (χ2v) is 6.92. The zero-order valence-electron chi connectivity index (χ0n) is 14.1. The molecule has 0 radical (unpaired) electrons. The maximum absolute atomic E-state index is 10.9. The number of carboxylic acid groups (broad SMARTS) is 1. The van der Waals surface area contributed by atoms with Crippen molar-refractivity contribution in [2.45, 2.75) is 0 Å². The molecule has 0 aliphatic carbocycles. The maximum Gasteiger partial charge on any atom is 0.335 e. The van der Waals surface area contributed by atoms with E-state index < -0.39 is 11.2 Å². The lowest BCUT2D eigenvalue weighted by molar-refractivity contribution is 0.0697. The van der Waals surface area contributed by atoms with Crippen molar-refractivity contribution in [3.8, 4) is 0 Å². The van der Waals surface area contributed by atoms with Gasteiger partial charge in [-0.1, -0.05) is 23.2 Å². The first-order valence-corrected chi connectivity index (χ1v) is 9.00. The fourth-order valence-corrected chi connectivity index (χ4v) is 2.91. The zero-order chi connectivity index (χ0) is 20.3. The molecule has 0 bridgehead atoms. The SMILES string of the molecule is O=C(Cl)c1ccc2ncc(Cl)cc2c1.O=C(O)c1ccc2ncc(Cl)cc2c1. The van der Waals surface area contributed by atoms with E-state index in [1.807, 2.05) is 0 Å². The molecule has 0 atom stereocenters. The van der Waals surface area contributed by atoms with Crippen LogP contribution in [0.3, 0.4) is 0 Å². The van der Waals surface area contributed by atoms with E-state index in [2.05, 4.69) is 9.97 Å². The average Bonchev–Trinajstić information content (AvgIpc) is 2.67. The van der Waals surface area contributed by atoms with E-state index >= 15 is 0 Å². The number of aromatic carboxylic acids is 1. The standard InChI is InChI=1S/C10H5Cl2NO.C10H6ClNO2/c11-8-4-7-3-6(10(12)14)1-2-9(7)13-5-8;11-8-4-7-3-6(10(13)14)1-2-9(7)12-5-8/h1-5H;1-5H,(H,13,14). The minimum Gasteiger partial charge on any atom is -0.478 e. The highest BCUT2D eigenvalue weighted by Crippen LogP contribution is 2.19. The van der Waals surface area contributed by atoms with Gasteiger partial charge in [-0.15, -0.1) is 0 Å². The van der Waals surface area contributed by atoms with Crippen LogP contribution in [0.25, 0.3) is 21.8 Å². The molecule has 2 heterocycles. The van der Waals surface area contributed by atoms with Gasteiger partial charge in [-0.05, 0) is 60.1 Å². The minimum atomic E-state index is -0.952. The molecule has 0 aliphatic heterocycles. The lowest BCUT2D eigenvalue weighted by Crippen LogP contribution is -1.95. The van der Waals surface area contributed by atoms with Gasteiger partial charge in [0, 0.05) is 28.7 Å². The Hall–Kier alpha value is -2.73. The molecule has 0 saturated carbocycles. The predicted octanol–water partition coefficient (Wildman–Crippen LogP) is 5.85. The van der Waals surface area contributed by atoms with Crippen LogP contribution in [0.15, 0.2) is 60.9 Å². The smallest absolute Gasteiger partial charge is 0.335 e. The van der Waals surface area contributed by atoms with E-state index in [1.54, 1.807) is 48.7 Å². The van der Waals surface area contributed by atoms with Gasteiger partial charge in [0.05, 0.1) is 26.6 Å². The molecule has 0 unspecified atom stereocenters. The molecule has 2 aromatic heterocycles. The van der Waals surface area contributed by atoms with Gasteiger partial charge in [-0.3, -0.25) is 14.8 Å². The van der Waals surface area contributed by atoms with E-state index in [9.17, 15) is 9.59 Å².